The summed E-state index contributed by atoms with van der Waals surface area (Å²) in [6.07, 6.45) is 0. The van der Waals surface area contributed by atoms with Crippen LogP contribution in [0.4, 0.5) is 0 Å². The molecule has 0 aliphatic carbocycles. The zero-order chi connectivity index (χ0) is 10.2. The van der Waals surface area contributed by atoms with E-state index in [0.717, 1.165) is 0 Å². The fraction of sp³-hybridized carbons (Fsp3) is 0. The van der Waals surface area contributed by atoms with Crippen molar-refractivity contribution in [3.05, 3.63) is 73.8 Å². The van der Waals surface area contributed by atoms with Crippen LogP contribution in [-0.2, 0) is 0 Å². The zero-order valence-electron chi connectivity index (χ0n) is 8.19. The van der Waals surface area contributed by atoms with Gasteiger partial charge in [0.1, 0.15) is 0 Å². The van der Waals surface area contributed by atoms with Crippen molar-refractivity contribution in [1.29, 1.82) is 0 Å². The Balaban J connectivity index is 0.000000461. The average molecular weight is 182 g/mol. The summed E-state index contributed by atoms with van der Waals surface area (Å²) in [4.78, 5) is 0. The van der Waals surface area contributed by atoms with Crippen LogP contribution in [0.5, 0.6) is 0 Å². The Bertz CT molecular complexity index is 311. The van der Waals surface area contributed by atoms with Crippen LogP contribution < -0.4 is 0 Å². The molecule has 0 aliphatic heterocycles. The Morgan fingerprint density at radius 2 is 0.786 bits per heavy atom. The van der Waals surface area contributed by atoms with E-state index in [2.05, 4.69) is 61.7 Å². The third-order valence-electron chi connectivity index (χ3n) is 1.88. The summed E-state index contributed by atoms with van der Waals surface area (Å²) >= 11 is 0. The normalized spacial score (nSPS) is 8.57. The van der Waals surface area contributed by atoms with Gasteiger partial charge in [-0.25, -0.2) is 0 Å². The zero-order valence-corrected chi connectivity index (χ0v) is 8.19. The summed E-state index contributed by atoms with van der Waals surface area (Å²) in [7, 11) is 0. The first-order valence-electron chi connectivity index (χ1n) is 4.57. The first-order valence-corrected chi connectivity index (χ1v) is 4.57. The van der Waals surface area contributed by atoms with E-state index in [-0.39, 0.29) is 0 Å². The third-order valence-corrected chi connectivity index (χ3v) is 1.88. The van der Waals surface area contributed by atoms with E-state index in [1.165, 1.54) is 11.1 Å². The van der Waals surface area contributed by atoms with Crippen LogP contribution in [0.2, 0.25) is 0 Å². The molecule has 2 rings (SSSR count). The highest BCUT2D eigenvalue weighted by Gasteiger charge is 1.91. The van der Waals surface area contributed by atoms with Crippen molar-refractivity contribution < 1.29 is 0 Å². The Labute approximate surface area is 85.5 Å². The van der Waals surface area contributed by atoms with Crippen LogP contribution in [0, 0.1) is 0 Å². The van der Waals surface area contributed by atoms with Gasteiger partial charge in [-0.05, 0) is 11.1 Å². The Hall–Kier alpha value is -1.82. The smallest absolute Gasteiger partial charge is 0.0184 e. The van der Waals surface area contributed by atoms with Crippen molar-refractivity contribution in [2.75, 3.05) is 0 Å². The van der Waals surface area contributed by atoms with Crippen molar-refractivity contribution in [2.45, 2.75) is 0 Å². The van der Waals surface area contributed by atoms with Crippen molar-refractivity contribution in [3.63, 3.8) is 0 Å². The second kappa shape index (κ2) is 5.76. The summed E-state index contributed by atoms with van der Waals surface area (Å²) in [5.41, 5.74) is 2.55. The molecule has 0 saturated carbocycles. The molecule has 0 amide bonds. The first-order chi connectivity index (χ1) is 6.97. The summed E-state index contributed by atoms with van der Waals surface area (Å²) in [5.74, 6) is 0. The molecule has 0 bridgehead atoms. The second-order valence-corrected chi connectivity index (χ2v) is 2.73. The van der Waals surface area contributed by atoms with Gasteiger partial charge in [-0.3, -0.25) is 0 Å². The predicted molar refractivity (Wildman–Crippen MR) is 63.1 cm³/mol. The monoisotopic (exact) mass is 182 g/mol. The molecule has 2 aromatic rings. The molecule has 0 N–H and O–H groups in total. The molecule has 0 spiro atoms. The van der Waals surface area contributed by atoms with Gasteiger partial charge in [0.2, 0.25) is 0 Å². The highest BCUT2D eigenvalue weighted by atomic mass is 14.0. The minimum atomic E-state index is 1.28. The summed E-state index contributed by atoms with van der Waals surface area (Å²) in [6, 6.07) is 20.8. The van der Waals surface area contributed by atoms with Gasteiger partial charge in [0.15, 0.2) is 0 Å². The Kier molecular flexibility index (Phi) is 4.22. The van der Waals surface area contributed by atoms with Gasteiger partial charge in [-0.2, -0.15) is 0 Å². The second-order valence-electron chi connectivity index (χ2n) is 2.73. The molecule has 2 aromatic carbocycles. The highest BCUT2D eigenvalue weighted by molar-refractivity contribution is 5.62. The molecule has 0 heterocycles. The van der Waals surface area contributed by atoms with Gasteiger partial charge in [0.05, 0.1) is 0 Å². The van der Waals surface area contributed by atoms with Crippen molar-refractivity contribution in [3.8, 4) is 11.1 Å². The quantitative estimate of drug-likeness (QED) is 0.581. The largest absolute Gasteiger partial charge is 0.106 e. The van der Waals surface area contributed by atoms with E-state index in [0.29, 0.717) is 0 Å². The van der Waals surface area contributed by atoms with Gasteiger partial charge >= 0.3 is 0 Å². The van der Waals surface area contributed by atoms with E-state index in [4.69, 9.17) is 0 Å². The average Bonchev–Trinajstić information content (AvgIpc) is 2.34. The summed E-state index contributed by atoms with van der Waals surface area (Å²) < 4.78 is 0. The molecule has 70 valence electrons. The van der Waals surface area contributed by atoms with E-state index in [1.54, 1.807) is 0 Å². The van der Waals surface area contributed by atoms with Gasteiger partial charge in [-0.15, -0.1) is 13.2 Å². The minimum Gasteiger partial charge on any atom is -0.106 e. The first kappa shape index (κ1) is 10.3. The molecule has 0 unspecified atom stereocenters. The number of hydrogen-bond acceptors (Lipinski definition) is 0. The summed E-state index contributed by atoms with van der Waals surface area (Å²) in [6.45, 7) is 6.00. The molecule has 0 heteroatoms. The van der Waals surface area contributed by atoms with Crippen LogP contribution in [-0.4, -0.2) is 0 Å². The molecule has 0 nitrogen and oxygen atoms in total. The standard InChI is InChI=1S/C12H10.C2H4/c1-3-7-11(8-4-1)12-9-5-2-6-10-12;1-2/h1-10H;1-2H2. The van der Waals surface area contributed by atoms with E-state index in [1.807, 2.05) is 12.1 Å². The molecule has 0 aliphatic rings. The van der Waals surface area contributed by atoms with Gasteiger partial charge < -0.3 is 0 Å². The number of hydrogen-bond donors (Lipinski definition) is 0. The van der Waals surface area contributed by atoms with E-state index in [9.17, 15) is 0 Å². The SMILES string of the molecule is C=C.c1ccc(-c2ccccc2)cc1. The van der Waals surface area contributed by atoms with Crippen LogP contribution in [0.25, 0.3) is 11.1 Å². The molecular weight excluding hydrogens is 168 g/mol. The molecule has 0 atom stereocenters. The third kappa shape index (κ3) is 2.60. The van der Waals surface area contributed by atoms with Gasteiger partial charge in [-0.1, -0.05) is 60.7 Å². The topological polar surface area (TPSA) is 0 Å². The van der Waals surface area contributed by atoms with Gasteiger partial charge in [0.25, 0.3) is 0 Å². The molecule has 0 radical (unpaired) electrons. The lowest BCUT2D eigenvalue weighted by molar-refractivity contribution is 1.62. The van der Waals surface area contributed by atoms with Crippen LogP contribution in [0.15, 0.2) is 73.8 Å². The lowest BCUT2D eigenvalue weighted by Gasteiger charge is -1.98. The number of rotatable bonds is 1. The van der Waals surface area contributed by atoms with E-state index >= 15 is 0 Å². The predicted octanol–water partition coefficient (Wildman–Crippen LogP) is 4.16. The van der Waals surface area contributed by atoms with Crippen molar-refractivity contribution in [1.82, 2.24) is 0 Å². The maximum Gasteiger partial charge on any atom is -0.0184 e. The molecule has 14 heavy (non-hydrogen) atoms. The van der Waals surface area contributed by atoms with Crippen LogP contribution in [0.3, 0.4) is 0 Å². The molecular formula is C14H14. The fourth-order valence-corrected chi connectivity index (χ4v) is 1.26. The molecule has 0 saturated heterocycles. The van der Waals surface area contributed by atoms with Crippen LogP contribution >= 0.6 is 0 Å². The maximum absolute atomic E-state index is 3.00. The van der Waals surface area contributed by atoms with Crippen molar-refractivity contribution >= 4 is 0 Å². The van der Waals surface area contributed by atoms with E-state index < -0.39 is 0 Å². The maximum atomic E-state index is 3.00. The van der Waals surface area contributed by atoms with Gasteiger partial charge in [0, 0.05) is 0 Å². The molecule has 0 fully saturated rings. The Morgan fingerprint density at radius 1 is 0.500 bits per heavy atom. The minimum absolute atomic E-state index is 1.28. The molecule has 0 aromatic heterocycles. The lowest BCUT2D eigenvalue weighted by Crippen LogP contribution is -1.73. The van der Waals surface area contributed by atoms with Crippen molar-refractivity contribution in [2.24, 2.45) is 0 Å². The number of benzene rings is 2. The lowest BCUT2D eigenvalue weighted by atomic mass is 10.1. The highest BCUT2D eigenvalue weighted by Crippen LogP contribution is 2.17. The summed E-state index contributed by atoms with van der Waals surface area (Å²) in [5, 5.41) is 0. The fourth-order valence-electron chi connectivity index (χ4n) is 1.26. The van der Waals surface area contributed by atoms with Crippen LogP contribution in [0.1, 0.15) is 0 Å². The Morgan fingerprint density at radius 3 is 1.07 bits per heavy atom.